The zero-order chi connectivity index (χ0) is 20.7. The molecule has 3 aliphatic rings. The van der Waals surface area contributed by atoms with E-state index in [2.05, 4.69) is 38.6 Å². The van der Waals surface area contributed by atoms with Gasteiger partial charge < -0.3 is 15.5 Å². The normalized spacial score (nSPS) is 28.7. The lowest BCUT2D eigenvalue weighted by Gasteiger charge is -2.55. The van der Waals surface area contributed by atoms with Crippen molar-refractivity contribution in [2.24, 2.45) is 11.8 Å². The number of benzene rings is 2. The van der Waals surface area contributed by atoms with E-state index in [1.807, 2.05) is 32.3 Å². The van der Waals surface area contributed by atoms with Crippen LogP contribution in [-0.4, -0.2) is 63.2 Å². The molecule has 160 valence electrons. The van der Waals surface area contributed by atoms with Gasteiger partial charge >= 0.3 is 0 Å². The number of hydrogen-bond acceptors (Lipinski definition) is 4. The number of anilines is 1. The number of piperidine rings is 3. The fourth-order valence-electron chi connectivity index (χ4n) is 6.21. The molecular weight excluding hydrogens is 372 g/mol. The summed E-state index contributed by atoms with van der Waals surface area (Å²) in [6, 6.07) is 13.4. The van der Waals surface area contributed by atoms with Crippen molar-refractivity contribution < 1.29 is 4.79 Å². The largest absolute Gasteiger partial charge is 0.377 e. The van der Waals surface area contributed by atoms with Crippen LogP contribution < -0.4 is 15.5 Å². The maximum Gasteiger partial charge on any atom is 0.251 e. The van der Waals surface area contributed by atoms with E-state index in [-0.39, 0.29) is 5.91 Å². The number of nitrogens with one attached hydrogen (secondary N) is 2. The van der Waals surface area contributed by atoms with Crippen molar-refractivity contribution in [2.75, 3.05) is 45.2 Å². The molecule has 3 heterocycles. The topological polar surface area (TPSA) is 47.6 Å². The van der Waals surface area contributed by atoms with Gasteiger partial charge in [0, 0.05) is 49.4 Å². The Labute approximate surface area is 179 Å². The molecule has 4 atom stereocenters. The van der Waals surface area contributed by atoms with Crippen LogP contribution in [0.25, 0.3) is 10.8 Å². The molecular formula is C25H34N4O. The minimum atomic E-state index is 0.0518. The third-order valence-electron chi connectivity index (χ3n) is 7.62. The quantitative estimate of drug-likeness (QED) is 0.819. The number of amides is 1. The van der Waals surface area contributed by atoms with Crippen LogP contribution in [0.1, 0.15) is 36.0 Å². The Kier molecular flexibility index (Phi) is 5.42. The molecule has 0 saturated carbocycles. The molecule has 5 rings (SSSR count). The third-order valence-corrected chi connectivity index (χ3v) is 7.62. The molecule has 2 aromatic rings. The first-order valence-corrected chi connectivity index (χ1v) is 11.6. The van der Waals surface area contributed by atoms with Gasteiger partial charge in [0.25, 0.3) is 5.91 Å². The predicted octanol–water partition coefficient (Wildman–Crippen LogP) is 3.10. The molecule has 0 radical (unpaired) electrons. The van der Waals surface area contributed by atoms with Crippen LogP contribution >= 0.6 is 0 Å². The van der Waals surface area contributed by atoms with Crippen LogP contribution in [0, 0.1) is 11.8 Å². The Hall–Kier alpha value is -2.11. The molecule has 5 heteroatoms. The van der Waals surface area contributed by atoms with Gasteiger partial charge in [-0.15, -0.1) is 0 Å². The Bertz CT molecular complexity index is 927. The lowest BCUT2D eigenvalue weighted by Crippen LogP contribution is -2.65. The lowest BCUT2D eigenvalue weighted by molar-refractivity contribution is -0.0371. The predicted molar refractivity (Wildman–Crippen MR) is 123 cm³/mol. The van der Waals surface area contributed by atoms with Gasteiger partial charge in [-0.05, 0) is 68.3 Å². The second-order valence-corrected chi connectivity index (χ2v) is 9.56. The maximum absolute atomic E-state index is 13.3. The molecule has 3 aliphatic heterocycles. The van der Waals surface area contributed by atoms with Crippen molar-refractivity contribution in [2.45, 2.75) is 37.8 Å². The standard InChI is InChI=1S/C25H34N4O/c1-28(2)23-11-10-21(19-7-3-4-8-20(19)23)25(30)27-16-24-18-13-17(14-26-15-18)22-9-5-6-12-29(22)24/h3-4,7-8,10-11,17-18,22,24,26H,5-6,9,12-16H2,1-2H3,(H,27,30)/t17-,18+,22+,24+/m1/s1. The van der Waals surface area contributed by atoms with Gasteiger partial charge in [-0.3, -0.25) is 9.69 Å². The van der Waals surface area contributed by atoms with Crippen LogP contribution in [-0.2, 0) is 0 Å². The van der Waals surface area contributed by atoms with Crippen molar-refractivity contribution in [1.82, 2.24) is 15.5 Å². The van der Waals surface area contributed by atoms with Gasteiger partial charge in [0.15, 0.2) is 0 Å². The van der Waals surface area contributed by atoms with E-state index in [0.717, 1.165) is 41.0 Å². The number of rotatable bonds is 4. The highest BCUT2D eigenvalue weighted by Gasteiger charge is 2.45. The zero-order valence-electron chi connectivity index (χ0n) is 18.2. The van der Waals surface area contributed by atoms with E-state index in [0.29, 0.717) is 18.0 Å². The SMILES string of the molecule is CN(C)c1ccc(C(=O)NC[C@H]2[C@@H]3CNC[C@@H](C3)[C@@H]3CCCCN32)c2ccccc12. The number of carbonyl (C=O) groups is 1. The summed E-state index contributed by atoms with van der Waals surface area (Å²) in [6.45, 7) is 4.19. The van der Waals surface area contributed by atoms with E-state index in [9.17, 15) is 4.79 Å². The Morgan fingerprint density at radius 1 is 1.10 bits per heavy atom. The van der Waals surface area contributed by atoms with Crippen molar-refractivity contribution >= 4 is 22.4 Å². The molecule has 0 aliphatic carbocycles. The molecule has 3 fully saturated rings. The molecule has 2 N–H and O–H groups in total. The monoisotopic (exact) mass is 406 g/mol. The van der Waals surface area contributed by atoms with Crippen LogP contribution in [0.5, 0.6) is 0 Å². The third kappa shape index (κ3) is 3.48. The van der Waals surface area contributed by atoms with E-state index in [1.165, 1.54) is 38.8 Å². The van der Waals surface area contributed by atoms with Gasteiger partial charge in [-0.25, -0.2) is 0 Å². The van der Waals surface area contributed by atoms with Gasteiger partial charge in [0.2, 0.25) is 0 Å². The fraction of sp³-hybridized carbons (Fsp3) is 0.560. The summed E-state index contributed by atoms with van der Waals surface area (Å²) >= 11 is 0. The first kappa shape index (κ1) is 19.8. The second kappa shape index (κ2) is 8.20. The molecule has 3 saturated heterocycles. The van der Waals surface area contributed by atoms with Crippen LogP contribution in [0.4, 0.5) is 5.69 Å². The smallest absolute Gasteiger partial charge is 0.251 e. The average molecular weight is 407 g/mol. The maximum atomic E-state index is 13.3. The first-order valence-electron chi connectivity index (χ1n) is 11.6. The molecule has 0 aromatic heterocycles. The van der Waals surface area contributed by atoms with E-state index < -0.39 is 0 Å². The molecule has 0 spiro atoms. The van der Waals surface area contributed by atoms with Crippen LogP contribution in [0.2, 0.25) is 0 Å². The summed E-state index contributed by atoms with van der Waals surface area (Å²) in [5.74, 6) is 1.49. The highest BCUT2D eigenvalue weighted by atomic mass is 16.1. The summed E-state index contributed by atoms with van der Waals surface area (Å²) in [7, 11) is 4.09. The molecule has 30 heavy (non-hydrogen) atoms. The minimum absolute atomic E-state index is 0.0518. The summed E-state index contributed by atoms with van der Waals surface area (Å²) < 4.78 is 0. The van der Waals surface area contributed by atoms with Crippen LogP contribution in [0.3, 0.4) is 0 Å². The first-order chi connectivity index (χ1) is 14.6. The second-order valence-electron chi connectivity index (χ2n) is 9.56. The highest BCUT2D eigenvalue weighted by Crippen LogP contribution is 2.39. The van der Waals surface area contributed by atoms with Crippen molar-refractivity contribution in [3.05, 3.63) is 42.0 Å². The van der Waals surface area contributed by atoms with Gasteiger partial charge in [-0.1, -0.05) is 30.7 Å². The molecule has 1 amide bonds. The summed E-state index contributed by atoms with van der Waals surface area (Å²) in [5.41, 5.74) is 1.92. The van der Waals surface area contributed by atoms with Crippen molar-refractivity contribution in [3.63, 3.8) is 0 Å². The summed E-state index contributed by atoms with van der Waals surface area (Å²) in [5, 5.41) is 9.15. The Morgan fingerprint density at radius 2 is 1.90 bits per heavy atom. The van der Waals surface area contributed by atoms with E-state index in [4.69, 9.17) is 0 Å². The lowest BCUT2D eigenvalue weighted by atomic mass is 9.73. The fourth-order valence-corrected chi connectivity index (χ4v) is 6.21. The molecule has 2 aromatic carbocycles. The highest BCUT2D eigenvalue weighted by molar-refractivity contribution is 6.10. The summed E-state index contributed by atoms with van der Waals surface area (Å²) in [6.07, 6.45) is 5.28. The van der Waals surface area contributed by atoms with E-state index in [1.54, 1.807) is 0 Å². The zero-order valence-corrected chi connectivity index (χ0v) is 18.2. The molecule has 2 bridgehead atoms. The van der Waals surface area contributed by atoms with E-state index >= 15 is 0 Å². The van der Waals surface area contributed by atoms with Gasteiger partial charge in [-0.2, -0.15) is 0 Å². The van der Waals surface area contributed by atoms with Crippen molar-refractivity contribution in [1.29, 1.82) is 0 Å². The number of fused-ring (bicyclic) bond motifs is 5. The number of nitrogens with zero attached hydrogens (tertiary/aromatic N) is 2. The molecule has 5 nitrogen and oxygen atoms in total. The summed E-state index contributed by atoms with van der Waals surface area (Å²) in [4.78, 5) is 18.1. The molecule has 0 unspecified atom stereocenters. The minimum Gasteiger partial charge on any atom is -0.377 e. The van der Waals surface area contributed by atoms with Crippen molar-refractivity contribution in [3.8, 4) is 0 Å². The van der Waals surface area contributed by atoms with Gasteiger partial charge in [0.1, 0.15) is 0 Å². The number of hydrogen-bond donors (Lipinski definition) is 2. The Morgan fingerprint density at radius 3 is 2.73 bits per heavy atom. The Balaban J connectivity index is 1.36. The number of carbonyl (C=O) groups excluding carboxylic acids is 1. The van der Waals surface area contributed by atoms with Crippen LogP contribution in [0.15, 0.2) is 36.4 Å². The van der Waals surface area contributed by atoms with Gasteiger partial charge in [0.05, 0.1) is 0 Å². The average Bonchev–Trinajstić information content (AvgIpc) is 2.78.